The maximum atomic E-state index is 13.0. The highest BCUT2D eigenvalue weighted by Crippen LogP contribution is 2.27. The molecule has 1 atom stereocenters. The Labute approximate surface area is 112 Å². The molecule has 0 radical (unpaired) electrons. The standard InChI is InChI=1S/C12H12F2N2O2S/c1-3-18-6(2)11(17)16-12-15-9-4-7(13)8(14)5-10(9)19-12/h4-6H,3H2,1-2H3,(H,15,16,17). The van der Waals surface area contributed by atoms with Crippen LogP contribution in [0, 0.1) is 11.6 Å². The molecule has 19 heavy (non-hydrogen) atoms. The Kier molecular flexibility index (Phi) is 4.06. The molecule has 0 saturated carbocycles. The maximum Gasteiger partial charge on any atom is 0.254 e. The monoisotopic (exact) mass is 286 g/mol. The van der Waals surface area contributed by atoms with Gasteiger partial charge in [0, 0.05) is 12.7 Å². The second kappa shape index (κ2) is 5.58. The number of nitrogens with zero attached hydrogens (tertiary/aromatic N) is 1. The summed E-state index contributed by atoms with van der Waals surface area (Å²) in [6, 6.07) is 2.06. The number of nitrogens with one attached hydrogen (secondary N) is 1. The number of amides is 1. The molecule has 1 heterocycles. The molecule has 102 valence electrons. The molecule has 1 unspecified atom stereocenters. The number of hydrogen-bond acceptors (Lipinski definition) is 4. The van der Waals surface area contributed by atoms with Gasteiger partial charge in [-0.25, -0.2) is 13.8 Å². The summed E-state index contributed by atoms with van der Waals surface area (Å²) in [5.74, 6) is -2.24. The lowest BCUT2D eigenvalue weighted by molar-refractivity contribution is -0.126. The molecule has 1 N–H and O–H groups in total. The van der Waals surface area contributed by atoms with Gasteiger partial charge in [0.2, 0.25) is 0 Å². The van der Waals surface area contributed by atoms with E-state index < -0.39 is 17.7 Å². The highest BCUT2D eigenvalue weighted by molar-refractivity contribution is 7.22. The molecular weight excluding hydrogens is 274 g/mol. The van der Waals surface area contributed by atoms with Crippen LogP contribution in [-0.4, -0.2) is 23.6 Å². The normalized spacial score (nSPS) is 12.6. The van der Waals surface area contributed by atoms with Gasteiger partial charge in [0.15, 0.2) is 16.8 Å². The zero-order valence-corrected chi connectivity index (χ0v) is 11.2. The number of thiazole rings is 1. The van der Waals surface area contributed by atoms with Crippen molar-refractivity contribution in [1.29, 1.82) is 0 Å². The van der Waals surface area contributed by atoms with Crippen LogP contribution in [0.3, 0.4) is 0 Å². The summed E-state index contributed by atoms with van der Waals surface area (Å²) in [6.07, 6.45) is -0.606. The fraction of sp³-hybridized carbons (Fsp3) is 0.333. The summed E-state index contributed by atoms with van der Waals surface area (Å²) in [4.78, 5) is 15.7. The molecule has 1 aromatic carbocycles. The molecule has 2 aromatic rings. The van der Waals surface area contributed by atoms with Gasteiger partial charge in [-0.05, 0) is 19.9 Å². The van der Waals surface area contributed by atoms with E-state index in [9.17, 15) is 13.6 Å². The molecule has 1 aromatic heterocycles. The summed E-state index contributed by atoms with van der Waals surface area (Å²) in [5.41, 5.74) is 0.309. The molecule has 1 amide bonds. The molecule has 0 spiro atoms. The van der Waals surface area contributed by atoms with Gasteiger partial charge in [-0.1, -0.05) is 11.3 Å². The SMILES string of the molecule is CCOC(C)C(=O)Nc1nc2cc(F)c(F)cc2s1. The maximum absolute atomic E-state index is 13.0. The Balaban J connectivity index is 2.20. The summed E-state index contributed by atoms with van der Waals surface area (Å²) < 4.78 is 31.7. The topological polar surface area (TPSA) is 51.2 Å². The van der Waals surface area contributed by atoms with Crippen molar-refractivity contribution in [2.75, 3.05) is 11.9 Å². The van der Waals surface area contributed by atoms with Gasteiger partial charge >= 0.3 is 0 Å². The molecule has 7 heteroatoms. The first kappa shape index (κ1) is 13.8. The molecule has 2 rings (SSSR count). The fourth-order valence-corrected chi connectivity index (χ4v) is 2.39. The Hall–Kier alpha value is -1.60. The molecule has 0 bridgehead atoms. The van der Waals surface area contributed by atoms with Gasteiger partial charge in [-0.3, -0.25) is 10.1 Å². The predicted octanol–water partition coefficient (Wildman–Crippen LogP) is 2.94. The van der Waals surface area contributed by atoms with Gasteiger partial charge in [0.25, 0.3) is 5.91 Å². The Morgan fingerprint density at radius 3 is 2.84 bits per heavy atom. The zero-order chi connectivity index (χ0) is 14.0. The molecule has 0 saturated heterocycles. The Morgan fingerprint density at radius 2 is 2.16 bits per heavy atom. The van der Waals surface area contributed by atoms with Gasteiger partial charge in [0.1, 0.15) is 6.10 Å². The number of benzene rings is 1. The molecule has 0 fully saturated rings. The van der Waals surface area contributed by atoms with Gasteiger partial charge < -0.3 is 4.74 Å². The van der Waals surface area contributed by atoms with Crippen LogP contribution in [-0.2, 0) is 9.53 Å². The van der Waals surface area contributed by atoms with Crippen molar-refractivity contribution in [2.45, 2.75) is 20.0 Å². The third kappa shape index (κ3) is 3.05. The second-order valence-electron chi connectivity index (χ2n) is 3.84. The first-order valence-corrected chi connectivity index (χ1v) is 6.51. The largest absolute Gasteiger partial charge is 0.369 e. The van der Waals surface area contributed by atoms with Crippen molar-refractivity contribution < 1.29 is 18.3 Å². The van der Waals surface area contributed by atoms with Gasteiger partial charge in [0.05, 0.1) is 10.2 Å². The highest BCUT2D eigenvalue weighted by atomic mass is 32.1. The van der Waals surface area contributed by atoms with Crippen molar-refractivity contribution in [3.63, 3.8) is 0 Å². The van der Waals surface area contributed by atoms with Crippen molar-refractivity contribution in [2.24, 2.45) is 0 Å². The minimum absolute atomic E-state index is 0.288. The lowest BCUT2D eigenvalue weighted by Gasteiger charge is -2.09. The first-order valence-electron chi connectivity index (χ1n) is 5.69. The van der Waals surface area contributed by atoms with E-state index in [1.165, 1.54) is 0 Å². The summed E-state index contributed by atoms with van der Waals surface area (Å²) in [7, 11) is 0. The van der Waals surface area contributed by atoms with E-state index in [0.717, 1.165) is 23.5 Å². The minimum atomic E-state index is -0.960. The highest BCUT2D eigenvalue weighted by Gasteiger charge is 2.15. The van der Waals surface area contributed by atoms with Crippen molar-refractivity contribution in [1.82, 2.24) is 4.98 Å². The van der Waals surface area contributed by atoms with Crippen LogP contribution >= 0.6 is 11.3 Å². The molecule has 0 aliphatic rings. The lowest BCUT2D eigenvalue weighted by atomic mass is 10.3. The van der Waals surface area contributed by atoms with Crippen LogP contribution in [0.2, 0.25) is 0 Å². The van der Waals surface area contributed by atoms with E-state index in [1.54, 1.807) is 13.8 Å². The van der Waals surface area contributed by atoms with E-state index in [1.807, 2.05) is 0 Å². The quantitative estimate of drug-likeness (QED) is 0.940. The fourth-order valence-electron chi connectivity index (χ4n) is 1.51. The van der Waals surface area contributed by atoms with Crippen LogP contribution in [0.15, 0.2) is 12.1 Å². The van der Waals surface area contributed by atoms with Crippen LogP contribution in [0.1, 0.15) is 13.8 Å². The number of halogens is 2. The zero-order valence-electron chi connectivity index (χ0n) is 10.4. The number of hydrogen-bond donors (Lipinski definition) is 1. The van der Waals surface area contributed by atoms with E-state index in [0.29, 0.717) is 16.8 Å². The lowest BCUT2D eigenvalue weighted by Crippen LogP contribution is -2.27. The molecular formula is C12H12F2N2O2S. The summed E-state index contributed by atoms with van der Waals surface area (Å²) in [6.45, 7) is 3.82. The van der Waals surface area contributed by atoms with Crippen molar-refractivity contribution >= 4 is 32.6 Å². The number of ether oxygens (including phenoxy) is 1. The van der Waals surface area contributed by atoms with E-state index >= 15 is 0 Å². The third-order valence-corrected chi connectivity index (χ3v) is 3.38. The number of carbonyl (C=O) groups excluding carboxylic acids is 1. The van der Waals surface area contributed by atoms with Crippen molar-refractivity contribution in [3.05, 3.63) is 23.8 Å². The van der Waals surface area contributed by atoms with Gasteiger partial charge in [-0.2, -0.15) is 0 Å². The van der Waals surface area contributed by atoms with Crippen LogP contribution in [0.5, 0.6) is 0 Å². The number of rotatable bonds is 4. The number of fused-ring (bicyclic) bond motifs is 1. The van der Waals surface area contributed by atoms with Crippen LogP contribution < -0.4 is 5.32 Å². The van der Waals surface area contributed by atoms with Gasteiger partial charge in [-0.15, -0.1) is 0 Å². The number of aromatic nitrogens is 1. The predicted molar refractivity (Wildman–Crippen MR) is 69.3 cm³/mol. The summed E-state index contributed by atoms with van der Waals surface area (Å²) >= 11 is 1.08. The average molecular weight is 286 g/mol. The van der Waals surface area contributed by atoms with E-state index in [2.05, 4.69) is 10.3 Å². The third-order valence-electron chi connectivity index (χ3n) is 2.45. The number of carbonyl (C=O) groups is 1. The second-order valence-corrected chi connectivity index (χ2v) is 4.87. The van der Waals surface area contributed by atoms with E-state index in [-0.39, 0.29) is 11.0 Å². The minimum Gasteiger partial charge on any atom is -0.369 e. The molecule has 0 aliphatic heterocycles. The number of anilines is 1. The van der Waals surface area contributed by atoms with Crippen LogP contribution in [0.4, 0.5) is 13.9 Å². The Morgan fingerprint density at radius 1 is 1.47 bits per heavy atom. The van der Waals surface area contributed by atoms with Crippen LogP contribution in [0.25, 0.3) is 10.2 Å². The van der Waals surface area contributed by atoms with Crippen molar-refractivity contribution in [3.8, 4) is 0 Å². The molecule has 4 nitrogen and oxygen atoms in total. The molecule has 0 aliphatic carbocycles. The summed E-state index contributed by atoms with van der Waals surface area (Å²) in [5, 5.41) is 2.84. The Bertz CT molecular complexity index is 576. The first-order chi connectivity index (χ1) is 9.01. The smallest absolute Gasteiger partial charge is 0.254 e. The van der Waals surface area contributed by atoms with E-state index in [4.69, 9.17) is 4.74 Å². The average Bonchev–Trinajstić information content (AvgIpc) is 2.71.